The Balaban J connectivity index is 1.64. The first-order valence-corrected chi connectivity index (χ1v) is 10.6. The maximum Gasteiger partial charge on any atom is 0.314 e. The van der Waals surface area contributed by atoms with Crippen LogP contribution in [0.2, 0.25) is 0 Å². The molecule has 0 amide bonds. The van der Waals surface area contributed by atoms with Crippen LogP contribution in [0.3, 0.4) is 0 Å². The standard InChI is InChI=1S/C21H25NO4S/c1-15-5-4-6-19(13-15)26-21(23)18-9-11-22(12-10-18)27(24,25)20-8-7-16(2)17(3)14-20/h4-8,13-14,18H,9-12H2,1-3H3. The van der Waals surface area contributed by atoms with Crippen molar-refractivity contribution in [1.29, 1.82) is 0 Å². The normalized spacial score (nSPS) is 16.3. The van der Waals surface area contributed by atoms with E-state index < -0.39 is 10.0 Å². The van der Waals surface area contributed by atoms with E-state index in [-0.39, 0.29) is 11.9 Å². The van der Waals surface area contributed by atoms with Gasteiger partial charge in [0.15, 0.2) is 0 Å². The largest absolute Gasteiger partial charge is 0.426 e. The molecule has 1 aliphatic rings. The number of piperidine rings is 1. The van der Waals surface area contributed by atoms with Crippen molar-refractivity contribution >= 4 is 16.0 Å². The molecule has 0 bridgehead atoms. The lowest BCUT2D eigenvalue weighted by Gasteiger charge is -2.30. The summed E-state index contributed by atoms with van der Waals surface area (Å²) in [6, 6.07) is 12.5. The Kier molecular flexibility index (Phi) is 5.67. The summed E-state index contributed by atoms with van der Waals surface area (Å²) >= 11 is 0. The fourth-order valence-electron chi connectivity index (χ4n) is 3.23. The quantitative estimate of drug-likeness (QED) is 0.594. The van der Waals surface area contributed by atoms with Crippen LogP contribution in [-0.4, -0.2) is 31.8 Å². The number of carbonyl (C=O) groups is 1. The van der Waals surface area contributed by atoms with E-state index in [0.717, 1.165) is 16.7 Å². The van der Waals surface area contributed by atoms with Gasteiger partial charge in [0.25, 0.3) is 0 Å². The predicted octanol–water partition coefficient (Wildman–Crippen LogP) is 3.62. The fourth-order valence-corrected chi connectivity index (χ4v) is 4.79. The lowest BCUT2D eigenvalue weighted by atomic mass is 9.98. The molecule has 2 aromatic rings. The van der Waals surface area contributed by atoms with Gasteiger partial charge in [-0.25, -0.2) is 8.42 Å². The van der Waals surface area contributed by atoms with Crippen molar-refractivity contribution in [3.8, 4) is 5.75 Å². The minimum absolute atomic E-state index is 0.281. The Bertz CT molecular complexity index is 944. The number of nitrogens with zero attached hydrogens (tertiary/aromatic N) is 1. The molecule has 1 saturated heterocycles. The Morgan fingerprint density at radius 2 is 1.70 bits per heavy atom. The summed E-state index contributed by atoms with van der Waals surface area (Å²) in [5, 5.41) is 0. The molecule has 0 spiro atoms. The monoisotopic (exact) mass is 387 g/mol. The zero-order valence-corrected chi connectivity index (χ0v) is 16.8. The van der Waals surface area contributed by atoms with E-state index in [9.17, 15) is 13.2 Å². The first-order valence-electron chi connectivity index (χ1n) is 9.13. The zero-order valence-electron chi connectivity index (χ0n) is 15.9. The third kappa shape index (κ3) is 4.39. The molecule has 3 rings (SSSR count). The summed E-state index contributed by atoms with van der Waals surface area (Å²) in [6.07, 6.45) is 0.934. The molecule has 1 heterocycles. The van der Waals surface area contributed by atoms with E-state index in [1.807, 2.05) is 45.0 Å². The van der Waals surface area contributed by atoms with Gasteiger partial charge < -0.3 is 4.74 Å². The second-order valence-corrected chi connectivity index (χ2v) is 9.10. The first-order chi connectivity index (χ1) is 12.8. The molecule has 2 aromatic carbocycles. The average molecular weight is 388 g/mol. The van der Waals surface area contributed by atoms with E-state index in [1.165, 1.54) is 4.31 Å². The molecular weight excluding hydrogens is 362 g/mol. The van der Waals surface area contributed by atoms with E-state index in [4.69, 9.17) is 4.74 Å². The minimum atomic E-state index is -3.53. The van der Waals surface area contributed by atoms with Crippen LogP contribution < -0.4 is 4.74 Å². The Morgan fingerprint density at radius 3 is 2.33 bits per heavy atom. The van der Waals surface area contributed by atoms with Gasteiger partial charge in [0.05, 0.1) is 10.8 Å². The summed E-state index contributed by atoms with van der Waals surface area (Å²) < 4.78 is 32.7. The van der Waals surface area contributed by atoms with Gasteiger partial charge >= 0.3 is 5.97 Å². The van der Waals surface area contributed by atoms with Crippen molar-refractivity contribution < 1.29 is 17.9 Å². The van der Waals surface area contributed by atoms with E-state index in [0.29, 0.717) is 36.6 Å². The molecule has 1 aliphatic heterocycles. The molecule has 0 atom stereocenters. The summed E-state index contributed by atoms with van der Waals surface area (Å²) in [6.45, 7) is 6.44. The highest BCUT2D eigenvalue weighted by molar-refractivity contribution is 7.89. The number of hydrogen-bond acceptors (Lipinski definition) is 4. The fraction of sp³-hybridized carbons (Fsp3) is 0.381. The number of sulfonamides is 1. The Morgan fingerprint density at radius 1 is 1.00 bits per heavy atom. The first kappa shape index (κ1) is 19.6. The highest BCUT2D eigenvalue weighted by atomic mass is 32.2. The van der Waals surface area contributed by atoms with Gasteiger partial charge in [-0.3, -0.25) is 4.79 Å². The van der Waals surface area contributed by atoms with Gasteiger partial charge in [-0.1, -0.05) is 18.2 Å². The van der Waals surface area contributed by atoms with Crippen LogP contribution in [0.5, 0.6) is 5.75 Å². The lowest BCUT2D eigenvalue weighted by Crippen LogP contribution is -2.41. The molecule has 0 unspecified atom stereocenters. The number of carbonyl (C=O) groups excluding carboxylic acids is 1. The molecule has 0 radical (unpaired) electrons. The van der Waals surface area contributed by atoms with Crippen molar-refractivity contribution in [3.63, 3.8) is 0 Å². The minimum Gasteiger partial charge on any atom is -0.426 e. The van der Waals surface area contributed by atoms with Crippen molar-refractivity contribution in [1.82, 2.24) is 4.31 Å². The third-order valence-corrected chi connectivity index (χ3v) is 7.01. The second kappa shape index (κ2) is 7.82. The highest BCUT2D eigenvalue weighted by Gasteiger charge is 2.33. The number of esters is 1. The molecular formula is C21H25NO4S. The molecule has 0 saturated carbocycles. The number of benzene rings is 2. The van der Waals surface area contributed by atoms with Crippen LogP contribution in [0.4, 0.5) is 0 Å². The van der Waals surface area contributed by atoms with E-state index in [2.05, 4.69) is 0 Å². The maximum absolute atomic E-state index is 12.9. The van der Waals surface area contributed by atoms with Crippen molar-refractivity contribution in [2.24, 2.45) is 5.92 Å². The second-order valence-electron chi connectivity index (χ2n) is 7.16. The van der Waals surface area contributed by atoms with E-state index in [1.54, 1.807) is 18.2 Å². The number of ether oxygens (including phenoxy) is 1. The number of hydrogen-bond donors (Lipinski definition) is 0. The van der Waals surface area contributed by atoms with Crippen LogP contribution >= 0.6 is 0 Å². The highest BCUT2D eigenvalue weighted by Crippen LogP contribution is 2.26. The average Bonchev–Trinajstić information content (AvgIpc) is 2.64. The SMILES string of the molecule is Cc1cccc(OC(=O)C2CCN(S(=O)(=O)c3ccc(C)c(C)c3)CC2)c1. The van der Waals surface area contributed by atoms with Gasteiger partial charge in [0, 0.05) is 13.1 Å². The van der Waals surface area contributed by atoms with Crippen molar-refractivity contribution in [3.05, 3.63) is 59.2 Å². The summed E-state index contributed by atoms with van der Waals surface area (Å²) in [5.74, 6) is -0.0364. The van der Waals surface area contributed by atoms with Gasteiger partial charge in [-0.2, -0.15) is 4.31 Å². The van der Waals surface area contributed by atoms with Crippen LogP contribution in [-0.2, 0) is 14.8 Å². The molecule has 27 heavy (non-hydrogen) atoms. The summed E-state index contributed by atoms with van der Waals surface area (Å²) in [4.78, 5) is 12.7. The topological polar surface area (TPSA) is 63.7 Å². The van der Waals surface area contributed by atoms with Crippen molar-refractivity contribution in [2.45, 2.75) is 38.5 Å². The van der Waals surface area contributed by atoms with E-state index >= 15 is 0 Å². The number of rotatable bonds is 4. The van der Waals surface area contributed by atoms with Crippen LogP contribution in [0.1, 0.15) is 29.5 Å². The molecule has 6 heteroatoms. The Hall–Kier alpha value is -2.18. The van der Waals surface area contributed by atoms with Crippen LogP contribution in [0, 0.1) is 26.7 Å². The van der Waals surface area contributed by atoms with Gasteiger partial charge in [-0.15, -0.1) is 0 Å². The van der Waals surface area contributed by atoms with Crippen LogP contribution in [0.25, 0.3) is 0 Å². The lowest BCUT2D eigenvalue weighted by molar-refractivity contribution is -0.140. The zero-order chi connectivity index (χ0) is 19.6. The smallest absolute Gasteiger partial charge is 0.314 e. The summed E-state index contributed by atoms with van der Waals surface area (Å²) in [5.41, 5.74) is 3.04. The molecule has 1 fully saturated rings. The number of aryl methyl sites for hydroxylation is 3. The molecule has 0 aromatic heterocycles. The van der Waals surface area contributed by atoms with Crippen molar-refractivity contribution in [2.75, 3.05) is 13.1 Å². The molecule has 0 aliphatic carbocycles. The van der Waals surface area contributed by atoms with Gasteiger partial charge in [0.2, 0.25) is 10.0 Å². The maximum atomic E-state index is 12.9. The summed E-state index contributed by atoms with van der Waals surface area (Å²) in [7, 11) is -3.53. The Labute approximate surface area is 161 Å². The molecule has 144 valence electrons. The third-order valence-electron chi connectivity index (χ3n) is 5.11. The van der Waals surface area contributed by atoms with Gasteiger partial charge in [0.1, 0.15) is 5.75 Å². The molecule has 0 N–H and O–H groups in total. The molecule has 5 nitrogen and oxygen atoms in total. The predicted molar refractivity (Wildman–Crippen MR) is 104 cm³/mol. The van der Waals surface area contributed by atoms with Crippen LogP contribution in [0.15, 0.2) is 47.4 Å². The van der Waals surface area contributed by atoms with Gasteiger partial charge in [-0.05, 0) is 74.6 Å².